The zero-order valence-corrected chi connectivity index (χ0v) is 10.0. The lowest BCUT2D eigenvalue weighted by Crippen LogP contribution is -1.95. The molecule has 0 spiro atoms. The Morgan fingerprint density at radius 2 is 2.50 bits per heavy atom. The quantitative estimate of drug-likeness (QED) is 0.805. The van der Waals surface area contributed by atoms with Gasteiger partial charge in [0.15, 0.2) is 0 Å². The molecule has 1 atom stereocenters. The van der Waals surface area contributed by atoms with E-state index in [2.05, 4.69) is 24.5 Å². The highest BCUT2D eigenvalue weighted by molar-refractivity contribution is 7.79. The Balaban J connectivity index is 2.21. The molecule has 14 heavy (non-hydrogen) atoms. The van der Waals surface area contributed by atoms with Gasteiger partial charge in [0.25, 0.3) is 0 Å². The van der Waals surface area contributed by atoms with Crippen LogP contribution < -0.4 is 0 Å². The number of ether oxygens (including phenoxy) is 1. The number of nitrogens with zero attached hydrogens (tertiary/aromatic N) is 1. The first-order valence-corrected chi connectivity index (χ1v) is 6.51. The third-order valence-electron chi connectivity index (χ3n) is 2.48. The van der Waals surface area contributed by atoms with Crippen LogP contribution in [0.4, 0.5) is 0 Å². The Labute approximate surface area is 94.1 Å². The summed E-state index contributed by atoms with van der Waals surface area (Å²) in [6.07, 6.45) is 3.56. The van der Waals surface area contributed by atoms with Crippen LogP contribution in [0.3, 0.4) is 0 Å². The lowest BCUT2D eigenvalue weighted by molar-refractivity contribution is 0.111. The SMILES string of the molecule is CCc1nc(C2CCCO2)sc1CS. The molecule has 1 unspecified atom stereocenters. The van der Waals surface area contributed by atoms with E-state index < -0.39 is 0 Å². The molecule has 0 aliphatic carbocycles. The van der Waals surface area contributed by atoms with Gasteiger partial charge in [0.1, 0.15) is 11.1 Å². The van der Waals surface area contributed by atoms with Crippen molar-refractivity contribution in [2.45, 2.75) is 38.0 Å². The lowest BCUT2D eigenvalue weighted by Gasteiger charge is -2.03. The van der Waals surface area contributed by atoms with Crippen LogP contribution in [-0.2, 0) is 16.9 Å². The van der Waals surface area contributed by atoms with E-state index in [1.165, 1.54) is 17.0 Å². The summed E-state index contributed by atoms with van der Waals surface area (Å²) in [7, 11) is 0. The van der Waals surface area contributed by atoms with Gasteiger partial charge in [0.05, 0.1) is 5.69 Å². The molecule has 1 aliphatic rings. The van der Waals surface area contributed by atoms with Gasteiger partial charge in [-0.3, -0.25) is 0 Å². The fraction of sp³-hybridized carbons (Fsp3) is 0.700. The largest absolute Gasteiger partial charge is 0.371 e. The van der Waals surface area contributed by atoms with Crippen LogP contribution in [0.2, 0.25) is 0 Å². The van der Waals surface area contributed by atoms with Gasteiger partial charge in [-0.1, -0.05) is 6.92 Å². The first-order chi connectivity index (χ1) is 6.85. The second-order valence-electron chi connectivity index (χ2n) is 3.44. The molecule has 4 heteroatoms. The van der Waals surface area contributed by atoms with Gasteiger partial charge in [0, 0.05) is 17.2 Å². The van der Waals surface area contributed by atoms with Crippen molar-refractivity contribution in [3.8, 4) is 0 Å². The first-order valence-electron chi connectivity index (χ1n) is 5.06. The van der Waals surface area contributed by atoms with Crippen LogP contribution in [0.15, 0.2) is 0 Å². The predicted molar refractivity (Wildman–Crippen MR) is 62.1 cm³/mol. The Morgan fingerprint density at radius 3 is 3.00 bits per heavy atom. The third kappa shape index (κ3) is 1.97. The summed E-state index contributed by atoms with van der Waals surface area (Å²) in [4.78, 5) is 5.93. The second kappa shape index (κ2) is 4.64. The molecule has 0 aromatic carbocycles. The molecule has 1 saturated heterocycles. The highest BCUT2D eigenvalue weighted by atomic mass is 32.1. The van der Waals surface area contributed by atoms with Gasteiger partial charge in [-0.2, -0.15) is 12.6 Å². The van der Waals surface area contributed by atoms with Crippen LogP contribution in [0, 0.1) is 0 Å². The van der Waals surface area contributed by atoms with Crippen LogP contribution in [-0.4, -0.2) is 11.6 Å². The Morgan fingerprint density at radius 1 is 1.64 bits per heavy atom. The van der Waals surface area contributed by atoms with Crippen molar-refractivity contribution in [2.75, 3.05) is 6.61 Å². The van der Waals surface area contributed by atoms with E-state index in [1.807, 2.05) is 0 Å². The monoisotopic (exact) mass is 229 g/mol. The number of aromatic nitrogens is 1. The normalized spacial score (nSPS) is 21.7. The van der Waals surface area contributed by atoms with Crippen LogP contribution in [0.5, 0.6) is 0 Å². The maximum Gasteiger partial charge on any atom is 0.122 e. The molecule has 0 amide bonds. The summed E-state index contributed by atoms with van der Waals surface area (Å²) in [6, 6.07) is 0. The maximum atomic E-state index is 5.62. The van der Waals surface area contributed by atoms with Crippen molar-refractivity contribution in [3.05, 3.63) is 15.6 Å². The number of hydrogen-bond acceptors (Lipinski definition) is 4. The lowest BCUT2D eigenvalue weighted by atomic mass is 10.2. The number of aryl methyl sites for hydroxylation is 1. The van der Waals surface area contributed by atoms with E-state index in [4.69, 9.17) is 4.74 Å². The fourth-order valence-corrected chi connectivity index (χ4v) is 3.19. The molecule has 2 nitrogen and oxygen atoms in total. The Kier molecular flexibility index (Phi) is 3.47. The molecule has 0 saturated carbocycles. The summed E-state index contributed by atoms with van der Waals surface area (Å²) >= 11 is 6.09. The van der Waals surface area contributed by atoms with E-state index in [-0.39, 0.29) is 6.10 Å². The average molecular weight is 229 g/mol. The molecular weight excluding hydrogens is 214 g/mol. The minimum atomic E-state index is 0.263. The van der Waals surface area contributed by atoms with Gasteiger partial charge < -0.3 is 4.74 Å². The minimum absolute atomic E-state index is 0.263. The molecule has 0 radical (unpaired) electrons. The van der Waals surface area contributed by atoms with E-state index >= 15 is 0 Å². The van der Waals surface area contributed by atoms with Crippen molar-refractivity contribution < 1.29 is 4.74 Å². The number of thiol groups is 1. The summed E-state index contributed by atoms with van der Waals surface area (Å²) in [5.41, 5.74) is 1.20. The number of rotatable bonds is 3. The summed E-state index contributed by atoms with van der Waals surface area (Å²) in [6.45, 7) is 3.03. The third-order valence-corrected chi connectivity index (χ3v) is 4.20. The van der Waals surface area contributed by atoms with Gasteiger partial charge in [-0.05, 0) is 19.3 Å². The molecule has 0 N–H and O–H groups in total. The first kappa shape index (κ1) is 10.5. The molecule has 1 aromatic rings. The maximum absolute atomic E-state index is 5.62. The van der Waals surface area contributed by atoms with Crippen molar-refractivity contribution >= 4 is 24.0 Å². The minimum Gasteiger partial charge on any atom is -0.371 e. The van der Waals surface area contributed by atoms with Crippen molar-refractivity contribution in [1.82, 2.24) is 4.98 Å². The number of thiazole rings is 1. The zero-order valence-electron chi connectivity index (χ0n) is 8.32. The molecule has 1 fully saturated rings. The average Bonchev–Trinajstić information content (AvgIpc) is 2.85. The van der Waals surface area contributed by atoms with E-state index in [0.29, 0.717) is 0 Å². The summed E-state index contributed by atoms with van der Waals surface area (Å²) in [5.74, 6) is 0.799. The molecule has 1 aromatic heterocycles. The standard InChI is InChI=1S/C10H15NOS2/c1-2-7-9(6-13)14-10(11-7)8-4-3-5-12-8/h8,13H,2-6H2,1H3. The van der Waals surface area contributed by atoms with Gasteiger partial charge in [-0.15, -0.1) is 11.3 Å². The van der Waals surface area contributed by atoms with Gasteiger partial charge in [-0.25, -0.2) is 4.98 Å². The van der Waals surface area contributed by atoms with Crippen molar-refractivity contribution in [3.63, 3.8) is 0 Å². The Bertz CT molecular complexity index is 284. The van der Waals surface area contributed by atoms with Crippen LogP contribution in [0.25, 0.3) is 0 Å². The molecule has 0 bridgehead atoms. The topological polar surface area (TPSA) is 22.1 Å². The van der Waals surface area contributed by atoms with E-state index in [0.717, 1.165) is 30.2 Å². The van der Waals surface area contributed by atoms with Crippen LogP contribution >= 0.6 is 24.0 Å². The van der Waals surface area contributed by atoms with Crippen molar-refractivity contribution in [1.29, 1.82) is 0 Å². The van der Waals surface area contributed by atoms with E-state index in [9.17, 15) is 0 Å². The highest BCUT2D eigenvalue weighted by Gasteiger charge is 2.22. The van der Waals surface area contributed by atoms with Crippen LogP contribution in [0.1, 0.15) is 41.4 Å². The van der Waals surface area contributed by atoms with Gasteiger partial charge in [0.2, 0.25) is 0 Å². The summed E-state index contributed by atoms with van der Waals surface area (Å²) < 4.78 is 5.62. The molecule has 1 aliphatic heterocycles. The molecular formula is C10H15NOS2. The van der Waals surface area contributed by atoms with Gasteiger partial charge >= 0.3 is 0 Å². The molecule has 2 heterocycles. The zero-order chi connectivity index (χ0) is 9.97. The van der Waals surface area contributed by atoms with E-state index in [1.54, 1.807) is 11.3 Å². The highest BCUT2D eigenvalue weighted by Crippen LogP contribution is 2.33. The predicted octanol–water partition coefficient (Wildman–Crippen LogP) is 2.99. The number of hydrogen-bond donors (Lipinski definition) is 1. The smallest absolute Gasteiger partial charge is 0.122 e. The second-order valence-corrected chi connectivity index (χ2v) is 4.87. The summed E-state index contributed by atoms with van der Waals surface area (Å²) in [5, 5.41) is 1.16. The van der Waals surface area contributed by atoms with Crippen molar-refractivity contribution in [2.24, 2.45) is 0 Å². The Hall–Kier alpha value is -0.0600. The molecule has 78 valence electrons. The fourth-order valence-electron chi connectivity index (χ4n) is 1.71. The molecule has 2 rings (SSSR count).